The summed E-state index contributed by atoms with van der Waals surface area (Å²) in [7, 11) is 1.65. The number of rotatable bonds is 6. The van der Waals surface area contributed by atoms with Gasteiger partial charge in [-0.3, -0.25) is 4.79 Å². The largest absolute Gasteiger partial charge is 0.496 e. The summed E-state index contributed by atoms with van der Waals surface area (Å²) in [6.07, 6.45) is 0.945. The lowest BCUT2D eigenvalue weighted by atomic mass is 9.97. The molecule has 0 aliphatic carbocycles. The fraction of sp³-hybridized carbons (Fsp3) is 0.240. The average molecular weight is 413 g/mol. The van der Waals surface area contributed by atoms with Crippen LogP contribution in [0, 0.1) is 0 Å². The number of carbonyl (C=O) groups excluding carboxylic acids is 1. The molecule has 5 rings (SSSR count). The number of fused-ring (bicyclic) bond motifs is 1. The number of methoxy groups -OCH3 is 1. The van der Waals surface area contributed by atoms with Crippen molar-refractivity contribution in [2.75, 3.05) is 20.2 Å². The molecule has 0 saturated carbocycles. The number of likely N-dealkylation sites (tertiary alicyclic amines) is 1. The second-order valence-corrected chi connectivity index (χ2v) is 7.85. The van der Waals surface area contributed by atoms with Crippen molar-refractivity contribution in [2.24, 2.45) is 0 Å². The molecule has 1 aromatic heterocycles. The third-order valence-electron chi connectivity index (χ3n) is 5.83. The number of carbonyl (C=O) groups is 1. The summed E-state index contributed by atoms with van der Waals surface area (Å²) < 4.78 is 10.9. The van der Waals surface area contributed by atoms with E-state index in [0.29, 0.717) is 37.6 Å². The van der Waals surface area contributed by atoms with E-state index in [4.69, 9.17) is 9.26 Å². The number of hydrogen-bond acceptors (Lipinski definition) is 5. The molecule has 1 fully saturated rings. The van der Waals surface area contributed by atoms with Crippen molar-refractivity contribution in [2.45, 2.75) is 18.8 Å². The molecule has 4 aromatic rings. The predicted octanol–water partition coefficient (Wildman–Crippen LogP) is 3.99. The lowest BCUT2D eigenvalue weighted by molar-refractivity contribution is -0.135. The first-order chi connectivity index (χ1) is 15.2. The Morgan fingerprint density at radius 2 is 1.77 bits per heavy atom. The van der Waals surface area contributed by atoms with E-state index in [1.165, 1.54) is 0 Å². The SMILES string of the molecule is COc1ccccc1Cc1noc(C2CN(C(=O)Cc3cccc4ccccc34)C2)n1. The van der Waals surface area contributed by atoms with Gasteiger partial charge in [-0.15, -0.1) is 0 Å². The number of amides is 1. The maximum Gasteiger partial charge on any atom is 0.233 e. The molecule has 6 heteroatoms. The highest BCUT2D eigenvalue weighted by Crippen LogP contribution is 2.28. The first kappa shape index (κ1) is 19.3. The van der Waals surface area contributed by atoms with Crippen LogP contribution in [0.25, 0.3) is 10.8 Å². The molecule has 0 bridgehead atoms. The van der Waals surface area contributed by atoms with Gasteiger partial charge < -0.3 is 14.2 Å². The number of ether oxygens (including phenoxy) is 1. The zero-order valence-electron chi connectivity index (χ0n) is 17.3. The van der Waals surface area contributed by atoms with E-state index in [1.54, 1.807) is 7.11 Å². The second-order valence-electron chi connectivity index (χ2n) is 7.85. The van der Waals surface area contributed by atoms with Crippen LogP contribution >= 0.6 is 0 Å². The van der Waals surface area contributed by atoms with Gasteiger partial charge in [-0.05, 0) is 22.4 Å². The van der Waals surface area contributed by atoms with Crippen LogP contribution in [0.2, 0.25) is 0 Å². The van der Waals surface area contributed by atoms with Crippen molar-refractivity contribution in [3.8, 4) is 5.75 Å². The van der Waals surface area contributed by atoms with Crippen molar-refractivity contribution < 1.29 is 14.1 Å². The van der Waals surface area contributed by atoms with Crippen molar-refractivity contribution in [3.05, 3.63) is 89.6 Å². The monoisotopic (exact) mass is 413 g/mol. The molecule has 0 unspecified atom stereocenters. The third-order valence-corrected chi connectivity index (χ3v) is 5.83. The summed E-state index contributed by atoms with van der Waals surface area (Å²) in [5.41, 5.74) is 2.07. The Balaban J connectivity index is 1.21. The van der Waals surface area contributed by atoms with Crippen LogP contribution in [0.15, 0.2) is 71.3 Å². The molecule has 1 amide bonds. The van der Waals surface area contributed by atoms with Crippen molar-refractivity contribution in [1.29, 1.82) is 0 Å². The van der Waals surface area contributed by atoms with Gasteiger partial charge in [0.25, 0.3) is 0 Å². The zero-order chi connectivity index (χ0) is 21.2. The quantitative estimate of drug-likeness (QED) is 0.478. The Morgan fingerprint density at radius 1 is 1.03 bits per heavy atom. The van der Waals surface area contributed by atoms with Gasteiger partial charge in [-0.1, -0.05) is 65.8 Å². The topological polar surface area (TPSA) is 68.5 Å². The van der Waals surface area contributed by atoms with Crippen LogP contribution in [0.1, 0.15) is 28.8 Å². The smallest absolute Gasteiger partial charge is 0.233 e. The molecule has 1 aliphatic rings. The summed E-state index contributed by atoms with van der Waals surface area (Å²) in [5, 5.41) is 6.40. The number of benzene rings is 3. The van der Waals surface area contributed by atoms with Gasteiger partial charge >= 0.3 is 0 Å². The van der Waals surface area contributed by atoms with E-state index < -0.39 is 0 Å². The molecule has 156 valence electrons. The molecule has 6 nitrogen and oxygen atoms in total. The molecule has 2 heterocycles. The molecular weight excluding hydrogens is 390 g/mol. The van der Waals surface area contributed by atoms with Gasteiger partial charge in [-0.2, -0.15) is 4.98 Å². The fourth-order valence-electron chi connectivity index (χ4n) is 4.08. The number of para-hydroxylation sites is 1. The minimum absolute atomic E-state index is 0.0930. The second kappa shape index (κ2) is 8.22. The van der Waals surface area contributed by atoms with Crippen LogP contribution in [0.5, 0.6) is 5.75 Å². The predicted molar refractivity (Wildman–Crippen MR) is 117 cm³/mol. The highest BCUT2D eigenvalue weighted by molar-refractivity contribution is 5.90. The van der Waals surface area contributed by atoms with Crippen molar-refractivity contribution >= 4 is 16.7 Å². The normalized spacial score (nSPS) is 13.9. The molecule has 0 N–H and O–H groups in total. The van der Waals surface area contributed by atoms with E-state index >= 15 is 0 Å². The zero-order valence-corrected chi connectivity index (χ0v) is 17.3. The number of hydrogen-bond donors (Lipinski definition) is 0. The van der Waals surface area contributed by atoms with Crippen molar-refractivity contribution in [3.63, 3.8) is 0 Å². The first-order valence-electron chi connectivity index (χ1n) is 10.4. The Labute approximate surface area is 180 Å². The Hall–Kier alpha value is -3.67. The Morgan fingerprint density at radius 3 is 2.65 bits per heavy atom. The average Bonchev–Trinajstić information content (AvgIpc) is 3.21. The van der Waals surface area contributed by atoms with Gasteiger partial charge in [0.05, 0.1) is 19.4 Å². The van der Waals surface area contributed by atoms with Crippen LogP contribution < -0.4 is 4.74 Å². The molecule has 31 heavy (non-hydrogen) atoms. The highest BCUT2D eigenvalue weighted by atomic mass is 16.5. The van der Waals surface area contributed by atoms with E-state index in [-0.39, 0.29) is 11.8 Å². The minimum Gasteiger partial charge on any atom is -0.496 e. The summed E-state index contributed by atoms with van der Waals surface area (Å²) in [6.45, 7) is 1.22. The molecule has 0 atom stereocenters. The van der Waals surface area contributed by atoms with E-state index in [2.05, 4.69) is 28.3 Å². The molecular formula is C25H23N3O3. The van der Waals surface area contributed by atoms with Gasteiger partial charge in [0, 0.05) is 25.1 Å². The van der Waals surface area contributed by atoms with Crippen LogP contribution in [0.3, 0.4) is 0 Å². The Bertz CT molecular complexity index is 1220. The molecule has 3 aromatic carbocycles. The van der Waals surface area contributed by atoms with E-state index in [0.717, 1.165) is 27.6 Å². The van der Waals surface area contributed by atoms with Gasteiger partial charge in [-0.25, -0.2) is 0 Å². The van der Waals surface area contributed by atoms with Crippen LogP contribution in [0.4, 0.5) is 0 Å². The lowest BCUT2D eigenvalue weighted by Gasteiger charge is -2.37. The number of nitrogens with zero attached hydrogens (tertiary/aromatic N) is 3. The molecule has 1 aliphatic heterocycles. The summed E-state index contributed by atoms with van der Waals surface area (Å²) in [5.74, 6) is 2.25. The first-order valence-corrected chi connectivity index (χ1v) is 10.4. The minimum atomic E-state index is 0.0930. The number of aromatic nitrogens is 2. The lowest BCUT2D eigenvalue weighted by Crippen LogP contribution is -2.49. The molecule has 1 saturated heterocycles. The summed E-state index contributed by atoms with van der Waals surface area (Å²) in [4.78, 5) is 19.2. The molecule has 0 radical (unpaired) electrons. The van der Waals surface area contributed by atoms with E-state index in [1.807, 2.05) is 53.4 Å². The third kappa shape index (κ3) is 3.89. The highest BCUT2D eigenvalue weighted by Gasteiger charge is 2.35. The maximum atomic E-state index is 12.8. The van der Waals surface area contributed by atoms with Gasteiger partial charge in [0.15, 0.2) is 5.82 Å². The fourth-order valence-corrected chi connectivity index (χ4v) is 4.08. The van der Waals surface area contributed by atoms with Crippen molar-refractivity contribution in [1.82, 2.24) is 15.0 Å². The van der Waals surface area contributed by atoms with Crippen LogP contribution in [-0.2, 0) is 17.6 Å². The van der Waals surface area contributed by atoms with Gasteiger partial charge in [0.1, 0.15) is 5.75 Å². The summed E-state index contributed by atoms with van der Waals surface area (Å²) in [6, 6.07) is 22.1. The molecule has 0 spiro atoms. The van der Waals surface area contributed by atoms with E-state index in [9.17, 15) is 4.79 Å². The standard InChI is InChI=1S/C25H23N3O3/c1-30-22-12-5-3-8-19(22)13-23-26-25(31-27-23)20-15-28(16-20)24(29)14-18-10-6-9-17-7-2-4-11-21(17)18/h2-12,20H,13-16H2,1H3. The maximum absolute atomic E-state index is 12.8. The Kier molecular flexibility index (Phi) is 5.12. The van der Waals surface area contributed by atoms with Gasteiger partial charge in [0.2, 0.25) is 11.8 Å². The summed E-state index contributed by atoms with van der Waals surface area (Å²) >= 11 is 0. The van der Waals surface area contributed by atoms with Crippen LogP contribution in [-0.4, -0.2) is 41.1 Å².